The van der Waals surface area contributed by atoms with E-state index in [-0.39, 0.29) is 18.0 Å². The highest BCUT2D eigenvalue weighted by Gasteiger charge is 2.30. The maximum atomic E-state index is 13.0. The zero-order valence-electron chi connectivity index (χ0n) is 14.8. The minimum atomic E-state index is -0.0259. The van der Waals surface area contributed by atoms with Crippen molar-refractivity contribution in [3.8, 4) is 16.9 Å². The average Bonchev–Trinajstić information content (AvgIpc) is 2.67. The number of nitrogens with zero attached hydrogens (tertiary/aromatic N) is 2. The van der Waals surface area contributed by atoms with Crippen LogP contribution in [0.25, 0.3) is 11.1 Å². The van der Waals surface area contributed by atoms with Crippen molar-refractivity contribution in [2.45, 2.75) is 38.3 Å². The van der Waals surface area contributed by atoms with Crippen LogP contribution in [0.2, 0.25) is 0 Å². The minimum absolute atomic E-state index is 0.0184. The number of ether oxygens (including phenoxy) is 1. The van der Waals surface area contributed by atoms with Crippen molar-refractivity contribution in [2.24, 2.45) is 5.73 Å². The fourth-order valence-electron chi connectivity index (χ4n) is 3.42. The third-order valence-electron chi connectivity index (χ3n) is 4.83. The number of aromatic nitrogens is 1. The highest BCUT2D eigenvalue weighted by molar-refractivity contribution is 5.95. The van der Waals surface area contributed by atoms with E-state index >= 15 is 0 Å². The van der Waals surface area contributed by atoms with Gasteiger partial charge in [0.1, 0.15) is 5.75 Å². The Labute approximate surface area is 148 Å². The Kier molecular flexibility index (Phi) is 5.34. The maximum absolute atomic E-state index is 13.0. The predicted molar refractivity (Wildman–Crippen MR) is 98.5 cm³/mol. The lowest BCUT2D eigenvalue weighted by Gasteiger charge is -2.38. The maximum Gasteiger partial charge on any atom is 0.255 e. The second-order valence-electron chi connectivity index (χ2n) is 6.61. The van der Waals surface area contributed by atoms with Gasteiger partial charge in [-0.2, -0.15) is 0 Å². The zero-order valence-corrected chi connectivity index (χ0v) is 14.8. The standard InChI is InChI=1S/C20H25N3O2/c1-14(21)19-5-3-4-10-23(19)20(24)17-11-16(12-22-13-17)15-6-8-18(25-2)9-7-15/h6-9,11-14,19H,3-5,10,21H2,1-2H3. The summed E-state index contributed by atoms with van der Waals surface area (Å²) >= 11 is 0. The van der Waals surface area contributed by atoms with Gasteiger partial charge in [-0.1, -0.05) is 12.1 Å². The van der Waals surface area contributed by atoms with Gasteiger partial charge in [0.15, 0.2) is 0 Å². The Balaban J connectivity index is 1.85. The molecule has 0 aliphatic carbocycles. The molecule has 1 aromatic carbocycles. The summed E-state index contributed by atoms with van der Waals surface area (Å²) in [6.45, 7) is 2.74. The summed E-state index contributed by atoms with van der Waals surface area (Å²) in [5, 5.41) is 0. The van der Waals surface area contributed by atoms with Crippen LogP contribution in [0.4, 0.5) is 0 Å². The van der Waals surface area contributed by atoms with Crippen LogP contribution < -0.4 is 10.5 Å². The van der Waals surface area contributed by atoms with Gasteiger partial charge in [-0.05, 0) is 49.9 Å². The first kappa shape index (κ1) is 17.4. The number of piperidine rings is 1. The first-order valence-corrected chi connectivity index (χ1v) is 8.76. The molecule has 0 bridgehead atoms. The highest BCUT2D eigenvalue weighted by Crippen LogP contribution is 2.25. The lowest BCUT2D eigenvalue weighted by Crippen LogP contribution is -2.51. The number of methoxy groups -OCH3 is 1. The normalized spacial score (nSPS) is 18.7. The van der Waals surface area contributed by atoms with E-state index in [1.54, 1.807) is 19.5 Å². The van der Waals surface area contributed by atoms with E-state index in [0.717, 1.165) is 42.7 Å². The summed E-state index contributed by atoms with van der Waals surface area (Å²) in [5.41, 5.74) is 8.64. The lowest BCUT2D eigenvalue weighted by atomic mass is 9.96. The molecule has 2 aromatic rings. The Bertz CT molecular complexity index is 728. The van der Waals surface area contributed by atoms with Crippen LogP contribution in [-0.4, -0.2) is 41.5 Å². The molecule has 0 saturated carbocycles. The van der Waals surface area contributed by atoms with E-state index in [4.69, 9.17) is 10.5 Å². The SMILES string of the molecule is COc1ccc(-c2cncc(C(=O)N3CCCCC3C(C)N)c2)cc1. The van der Waals surface area contributed by atoms with E-state index in [9.17, 15) is 4.79 Å². The molecule has 2 atom stereocenters. The number of pyridine rings is 1. The smallest absolute Gasteiger partial charge is 0.255 e. The van der Waals surface area contributed by atoms with Crippen molar-refractivity contribution < 1.29 is 9.53 Å². The van der Waals surface area contributed by atoms with Crippen LogP contribution in [0.15, 0.2) is 42.7 Å². The number of carbonyl (C=O) groups is 1. The number of likely N-dealkylation sites (tertiary alicyclic amines) is 1. The largest absolute Gasteiger partial charge is 0.497 e. The summed E-state index contributed by atoms with van der Waals surface area (Å²) < 4.78 is 5.19. The molecular formula is C20H25N3O2. The molecule has 2 heterocycles. The molecule has 1 saturated heterocycles. The lowest BCUT2D eigenvalue weighted by molar-refractivity contribution is 0.0583. The van der Waals surface area contributed by atoms with Crippen LogP contribution in [0.5, 0.6) is 5.75 Å². The molecule has 132 valence electrons. The van der Waals surface area contributed by atoms with Crippen molar-refractivity contribution in [3.63, 3.8) is 0 Å². The van der Waals surface area contributed by atoms with Crippen molar-refractivity contribution >= 4 is 5.91 Å². The van der Waals surface area contributed by atoms with Gasteiger partial charge in [0, 0.05) is 36.6 Å². The molecule has 25 heavy (non-hydrogen) atoms. The molecule has 0 radical (unpaired) electrons. The van der Waals surface area contributed by atoms with E-state index in [1.807, 2.05) is 42.2 Å². The monoisotopic (exact) mass is 339 g/mol. The number of hydrogen-bond acceptors (Lipinski definition) is 4. The van der Waals surface area contributed by atoms with E-state index in [0.29, 0.717) is 5.56 Å². The second-order valence-corrected chi connectivity index (χ2v) is 6.61. The fraction of sp³-hybridized carbons (Fsp3) is 0.400. The van der Waals surface area contributed by atoms with Crippen LogP contribution >= 0.6 is 0 Å². The average molecular weight is 339 g/mol. The summed E-state index contributed by atoms with van der Waals surface area (Å²) in [4.78, 5) is 19.2. The van der Waals surface area contributed by atoms with Gasteiger partial charge in [0.2, 0.25) is 0 Å². The molecule has 1 amide bonds. The number of hydrogen-bond donors (Lipinski definition) is 1. The molecular weight excluding hydrogens is 314 g/mol. The molecule has 2 unspecified atom stereocenters. The molecule has 1 aromatic heterocycles. The number of benzene rings is 1. The first-order valence-electron chi connectivity index (χ1n) is 8.76. The number of nitrogens with two attached hydrogens (primary N) is 1. The van der Waals surface area contributed by atoms with Crippen molar-refractivity contribution in [3.05, 3.63) is 48.3 Å². The van der Waals surface area contributed by atoms with Crippen LogP contribution in [0.1, 0.15) is 36.5 Å². The summed E-state index contributed by atoms with van der Waals surface area (Å²) in [6, 6.07) is 9.73. The number of amides is 1. The highest BCUT2D eigenvalue weighted by atomic mass is 16.5. The van der Waals surface area contributed by atoms with Gasteiger partial charge in [-0.15, -0.1) is 0 Å². The Morgan fingerprint density at radius 1 is 1.24 bits per heavy atom. The van der Waals surface area contributed by atoms with Gasteiger partial charge in [-0.25, -0.2) is 0 Å². The Hall–Kier alpha value is -2.40. The minimum Gasteiger partial charge on any atom is -0.497 e. The number of rotatable bonds is 4. The van der Waals surface area contributed by atoms with Gasteiger partial charge in [0.05, 0.1) is 12.7 Å². The second kappa shape index (κ2) is 7.66. The molecule has 0 spiro atoms. The predicted octanol–water partition coefficient (Wildman–Crippen LogP) is 3.10. The first-order chi connectivity index (χ1) is 12.1. The van der Waals surface area contributed by atoms with Crippen LogP contribution in [0.3, 0.4) is 0 Å². The van der Waals surface area contributed by atoms with Crippen molar-refractivity contribution in [1.29, 1.82) is 0 Å². The van der Waals surface area contributed by atoms with E-state index < -0.39 is 0 Å². The molecule has 5 heteroatoms. The summed E-state index contributed by atoms with van der Waals surface area (Å²) in [6.07, 6.45) is 6.54. The molecule has 5 nitrogen and oxygen atoms in total. The number of carbonyl (C=O) groups excluding carboxylic acids is 1. The zero-order chi connectivity index (χ0) is 17.8. The van der Waals surface area contributed by atoms with Gasteiger partial charge in [-0.3, -0.25) is 9.78 Å². The fourth-order valence-corrected chi connectivity index (χ4v) is 3.42. The van der Waals surface area contributed by atoms with Gasteiger partial charge >= 0.3 is 0 Å². The summed E-state index contributed by atoms with van der Waals surface area (Å²) in [7, 11) is 1.64. The van der Waals surface area contributed by atoms with E-state index in [2.05, 4.69) is 4.98 Å². The van der Waals surface area contributed by atoms with Gasteiger partial charge < -0.3 is 15.4 Å². The molecule has 2 N–H and O–H groups in total. The molecule has 1 aliphatic rings. The molecule has 1 fully saturated rings. The summed E-state index contributed by atoms with van der Waals surface area (Å²) in [5.74, 6) is 0.821. The van der Waals surface area contributed by atoms with Crippen LogP contribution in [-0.2, 0) is 0 Å². The Morgan fingerprint density at radius 2 is 2.00 bits per heavy atom. The van der Waals surface area contributed by atoms with Crippen LogP contribution in [0, 0.1) is 0 Å². The molecule has 3 rings (SSSR count). The topological polar surface area (TPSA) is 68.5 Å². The third-order valence-corrected chi connectivity index (χ3v) is 4.83. The Morgan fingerprint density at radius 3 is 2.68 bits per heavy atom. The van der Waals surface area contributed by atoms with Crippen molar-refractivity contribution in [2.75, 3.05) is 13.7 Å². The quantitative estimate of drug-likeness (QED) is 0.929. The third kappa shape index (κ3) is 3.82. The van der Waals surface area contributed by atoms with Crippen molar-refractivity contribution in [1.82, 2.24) is 9.88 Å². The van der Waals surface area contributed by atoms with E-state index in [1.165, 1.54) is 0 Å². The molecule has 1 aliphatic heterocycles. The van der Waals surface area contributed by atoms with Gasteiger partial charge in [0.25, 0.3) is 5.91 Å².